The van der Waals surface area contributed by atoms with Crippen molar-refractivity contribution >= 4 is 17.4 Å². The number of hydrogen-bond acceptors (Lipinski definition) is 4. The topological polar surface area (TPSA) is 54.5 Å². The maximum absolute atomic E-state index is 11.2. The van der Waals surface area contributed by atoms with E-state index in [1.54, 1.807) is 32.5 Å². The van der Waals surface area contributed by atoms with Gasteiger partial charge in [-0.25, -0.2) is 9.78 Å². The fourth-order valence-electron chi connectivity index (χ4n) is 1.11. The number of hydrogen-bond donors (Lipinski definition) is 1. The number of rotatable bonds is 5. The first-order valence-electron chi connectivity index (χ1n) is 5.01. The summed E-state index contributed by atoms with van der Waals surface area (Å²) in [6.07, 6.45) is 0.750. The smallest absolute Gasteiger partial charge is 0.316 e. The molecule has 16 heavy (non-hydrogen) atoms. The summed E-state index contributed by atoms with van der Waals surface area (Å²) < 4.78 is 4.99. The van der Waals surface area contributed by atoms with Crippen molar-refractivity contribution < 1.29 is 9.53 Å². The molecule has 90 valence electrons. The quantitative estimate of drug-likeness (QED) is 0.842. The van der Waals surface area contributed by atoms with Crippen LogP contribution < -0.4 is 5.32 Å². The molecule has 0 bridgehead atoms. The van der Waals surface area contributed by atoms with E-state index in [9.17, 15) is 4.79 Å². The van der Waals surface area contributed by atoms with Gasteiger partial charge in [-0.15, -0.1) is 11.3 Å². The van der Waals surface area contributed by atoms with E-state index in [0.717, 1.165) is 17.1 Å². The third-order valence-electron chi connectivity index (χ3n) is 1.93. The first kappa shape index (κ1) is 12.9. The molecule has 0 aliphatic heterocycles. The number of amides is 2. The number of nitrogens with one attached hydrogen (secondary N) is 1. The molecule has 0 aromatic carbocycles. The van der Waals surface area contributed by atoms with Crippen LogP contribution >= 0.6 is 11.3 Å². The summed E-state index contributed by atoms with van der Waals surface area (Å²) in [7, 11) is 5.09. The number of carbonyl (C=O) groups is 1. The lowest BCUT2D eigenvalue weighted by atomic mass is 10.3. The zero-order valence-corrected chi connectivity index (χ0v) is 10.6. The number of ether oxygens (including phenoxy) is 1. The first-order valence-corrected chi connectivity index (χ1v) is 5.89. The molecule has 1 aromatic heterocycles. The number of carbonyl (C=O) groups excluding carboxylic acids is 1. The molecule has 0 saturated carbocycles. The standard InChI is InChI=1S/C10H17N3O2S/c1-13(2)10(14)11-5-4-8-7-16-9(12-8)6-15-3/h7H,4-6H2,1-3H3,(H,11,14). The minimum atomic E-state index is -0.0765. The van der Waals surface area contributed by atoms with Crippen molar-refractivity contribution in [2.45, 2.75) is 13.0 Å². The van der Waals surface area contributed by atoms with Crippen molar-refractivity contribution in [3.63, 3.8) is 0 Å². The minimum Gasteiger partial charge on any atom is -0.378 e. The zero-order valence-electron chi connectivity index (χ0n) is 9.82. The maximum Gasteiger partial charge on any atom is 0.316 e. The molecule has 0 spiro atoms. The van der Waals surface area contributed by atoms with Gasteiger partial charge in [0.05, 0.1) is 12.3 Å². The fraction of sp³-hybridized carbons (Fsp3) is 0.600. The lowest BCUT2D eigenvalue weighted by Gasteiger charge is -2.10. The van der Waals surface area contributed by atoms with E-state index in [1.807, 2.05) is 5.38 Å². The first-order chi connectivity index (χ1) is 7.63. The van der Waals surface area contributed by atoms with E-state index in [0.29, 0.717) is 13.2 Å². The van der Waals surface area contributed by atoms with E-state index >= 15 is 0 Å². The number of nitrogens with zero attached hydrogens (tertiary/aromatic N) is 2. The van der Waals surface area contributed by atoms with Crippen LogP contribution in [0.1, 0.15) is 10.7 Å². The molecule has 0 aliphatic rings. The van der Waals surface area contributed by atoms with E-state index in [-0.39, 0.29) is 6.03 Å². The number of urea groups is 1. The Bertz CT molecular complexity index is 339. The van der Waals surface area contributed by atoms with Gasteiger partial charge in [-0.3, -0.25) is 0 Å². The molecule has 0 fully saturated rings. The van der Waals surface area contributed by atoms with Crippen LogP contribution in [0.3, 0.4) is 0 Å². The largest absolute Gasteiger partial charge is 0.378 e. The Labute approximate surface area is 99.4 Å². The van der Waals surface area contributed by atoms with Gasteiger partial charge in [0.25, 0.3) is 0 Å². The zero-order chi connectivity index (χ0) is 12.0. The Kier molecular flexibility index (Phi) is 5.21. The second kappa shape index (κ2) is 6.44. The molecule has 1 N–H and O–H groups in total. The van der Waals surface area contributed by atoms with Gasteiger partial charge in [-0.05, 0) is 0 Å². The molecule has 0 atom stereocenters. The SMILES string of the molecule is COCc1nc(CCNC(=O)N(C)C)cs1. The Morgan fingerprint density at radius 1 is 1.62 bits per heavy atom. The summed E-state index contributed by atoms with van der Waals surface area (Å²) in [6.45, 7) is 1.15. The Morgan fingerprint density at radius 3 is 3.00 bits per heavy atom. The van der Waals surface area contributed by atoms with Gasteiger partial charge < -0.3 is 15.0 Å². The van der Waals surface area contributed by atoms with Gasteiger partial charge in [0, 0.05) is 39.6 Å². The van der Waals surface area contributed by atoms with Crippen molar-refractivity contribution in [1.29, 1.82) is 0 Å². The maximum atomic E-state index is 11.2. The van der Waals surface area contributed by atoms with Gasteiger partial charge in [-0.1, -0.05) is 0 Å². The number of thiazole rings is 1. The van der Waals surface area contributed by atoms with Crippen LogP contribution in [0.15, 0.2) is 5.38 Å². The molecule has 0 aliphatic carbocycles. The molecular weight excluding hydrogens is 226 g/mol. The van der Waals surface area contributed by atoms with Gasteiger partial charge in [0.15, 0.2) is 0 Å². The van der Waals surface area contributed by atoms with Crippen molar-refractivity contribution in [3.8, 4) is 0 Å². The highest BCUT2D eigenvalue weighted by atomic mass is 32.1. The van der Waals surface area contributed by atoms with Crippen molar-refractivity contribution in [2.75, 3.05) is 27.7 Å². The fourth-order valence-corrected chi connectivity index (χ4v) is 1.91. The molecule has 1 heterocycles. The summed E-state index contributed by atoms with van der Waals surface area (Å²) >= 11 is 1.58. The van der Waals surface area contributed by atoms with Crippen molar-refractivity contribution in [3.05, 3.63) is 16.1 Å². The van der Waals surface area contributed by atoms with Gasteiger partial charge >= 0.3 is 6.03 Å². The monoisotopic (exact) mass is 243 g/mol. The highest BCUT2D eigenvalue weighted by Crippen LogP contribution is 2.10. The summed E-state index contributed by atoms with van der Waals surface area (Å²) in [6, 6.07) is -0.0765. The molecule has 0 saturated heterocycles. The molecule has 1 rings (SSSR count). The normalized spacial score (nSPS) is 10.2. The number of aromatic nitrogens is 1. The molecule has 0 unspecified atom stereocenters. The van der Waals surface area contributed by atoms with Crippen LogP contribution in [0.2, 0.25) is 0 Å². The van der Waals surface area contributed by atoms with Crippen LogP contribution in [0.25, 0.3) is 0 Å². The average molecular weight is 243 g/mol. The van der Waals surface area contributed by atoms with Crippen molar-refractivity contribution in [1.82, 2.24) is 15.2 Å². The van der Waals surface area contributed by atoms with Crippen LogP contribution in [0.4, 0.5) is 4.79 Å². The van der Waals surface area contributed by atoms with Gasteiger partial charge in [0.1, 0.15) is 5.01 Å². The van der Waals surface area contributed by atoms with Gasteiger partial charge in [0.2, 0.25) is 0 Å². The van der Waals surface area contributed by atoms with E-state index < -0.39 is 0 Å². The second-order valence-corrected chi connectivity index (χ2v) is 4.48. The Hall–Kier alpha value is -1.14. The summed E-state index contributed by atoms with van der Waals surface area (Å²) in [4.78, 5) is 17.1. The predicted octanol–water partition coefficient (Wildman–Crippen LogP) is 1.10. The molecule has 2 amide bonds. The third kappa shape index (κ3) is 4.16. The van der Waals surface area contributed by atoms with Crippen LogP contribution in [-0.2, 0) is 17.8 Å². The van der Waals surface area contributed by atoms with Crippen LogP contribution in [0, 0.1) is 0 Å². The third-order valence-corrected chi connectivity index (χ3v) is 2.80. The molecule has 1 aromatic rings. The second-order valence-electron chi connectivity index (χ2n) is 3.54. The summed E-state index contributed by atoms with van der Waals surface area (Å²) in [5.74, 6) is 0. The van der Waals surface area contributed by atoms with E-state index in [2.05, 4.69) is 10.3 Å². The van der Waals surface area contributed by atoms with E-state index in [1.165, 1.54) is 4.90 Å². The molecule has 6 heteroatoms. The minimum absolute atomic E-state index is 0.0765. The average Bonchev–Trinajstić information content (AvgIpc) is 2.66. The highest BCUT2D eigenvalue weighted by molar-refractivity contribution is 7.09. The molecule has 5 nitrogen and oxygen atoms in total. The summed E-state index contributed by atoms with van der Waals surface area (Å²) in [5.41, 5.74) is 0.996. The summed E-state index contributed by atoms with van der Waals surface area (Å²) in [5, 5.41) is 5.76. The number of methoxy groups -OCH3 is 1. The van der Waals surface area contributed by atoms with E-state index in [4.69, 9.17) is 4.74 Å². The van der Waals surface area contributed by atoms with Crippen LogP contribution in [-0.4, -0.2) is 43.7 Å². The lowest BCUT2D eigenvalue weighted by Crippen LogP contribution is -2.35. The van der Waals surface area contributed by atoms with Crippen molar-refractivity contribution in [2.24, 2.45) is 0 Å². The molecular formula is C10H17N3O2S. The predicted molar refractivity (Wildman–Crippen MR) is 63.6 cm³/mol. The lowest BCUT2D eigenvalue weighted by molar-refractivity contribution is 0.184. The highest BCUT2D eigenvalue weighted by Gasteiger charge is 2.04. The van der Waals surface area contributed by atoms with Crippen LogP contribution in [0.5, 0.6) is 0 Å². The Morgan fingerprint density at radius 2 is 2.38 bits per heavy atom. The van der Waals surface area contributed by atoms with Gasteiger partial charge in [-0.2, -0.15) is 0 Å². The molecule has 0 radical (unpaired) electrons. The Balaban J connectivity index is 2.29.